The molecule has 0 unspecified atom stereocenters. The Labute approximate surface area is 267 Å². The van der Waals surface area contributed by atoms with Crippen molar-refractivity contribution >= 4 is 55.2 Å². The van der Waals surface area contributed by atoms with Crippen molar-refractivity contribution in [2.45, 2.75) is 63.3 Å². The van der Waals surface area contributed by atoms with Gasteiger partial charge in [-0.3, -0.25) is 14.5 Å². The summed E-state index contributed by atoms with van der Waals surface area (Å²) < 4.78 is 18.3. The van der Waals surface area contributed by atoms with Crippen LogP contribution in [0.1, 0.15) is 87.8 Å². The predicted molar refractivity (Wildman–Crippen MR) is 177 cm³/mol. The third-order valence-electron chi connectivity index (χ3n) is 10.2. The van der Waals surface area contributed by atoms with Gasteiger partial charge in [0, 0.05) is 22.7 Å². The van der Waals surface area contributed by atoms with E-state index in [1.54, 1.807) is 10.7 Å². The summed E-state index contributed by atoms with van der Waals surface area (Å²) in [6.45, 7) is 1.83. The number of fused-ring (bicyclic) bond motifs is 3. The molecule has 2 fully saturated rings. The van der Waals surface area contributed by atoms with Gasteiger partial charge in [-0.05, 0) is 97.9 Å². The summed E-state index contributed by atoms with van der Waals surface area (Å²) in [7, 11) is 1.95. The van der Waals surface area contributed by atoms with Crippen LogP contribution in [0.4, 0.5) is 4.39 Å². The van der Waals surface area contributed by atoms with Gasteiger partial charge >= 0.3 is 5.97 Å². The molecule has 9 nitrogen and oxygen atoms in total. The van der Waals surface area contributed by atoms with Crippen molar-refractivity contribution in [2.24, 2.45) is 7.05 Å². The molecule has 2 aliphatic carbocycles. The lowest BCUT2D eigenvalue weighted by molar-refractivity contribution is 0.0700. The highest BCUT2D eigenvalue weighted by Gasteiger charge is 2.44. The number of pyridine rings is 1. The van der Waals surface area contributed by atoms with Crippen LogP contribution in [0.2, 0.25) is 0 Å². The molecule has 4 aromatic heterocycles. The fourth-order valence-corrected chi connectivity index (χ4v) is 8.71. The van der Waals surface area contributed by atoms with Crippen LogP contribution in [0.5, 0.6) is 0 Å². The lowest BCUT2D eigenvalue weighted by Gasteiger charge is -2.41. The summed E-state index contributed by atoms with van der Waals surface area (Å²) in [5.74, 6) is 6.31. The molecule has 46 heavy (non-hydrogen) atoms. The zero-order valence-electron chi connectivity index (χ0n) is 25.6. The molecule has 2 saturated carbocycles. The molecule has 0 spiro atoms. The van der Waals surface area contributed by atoms with Gasteiger partial charge in [0.25, 0.3) is 5.91 Å². The summed E-state index contributed by atoms with van der Waals surface area (Å²) >= 11 is 1.27. The second-order valence-electron chi connectivity index (χ2n) is 12.8. The first-order valence-electron chi connectivity index (χ1n) is 15.7. The molecule has 234 valence electrons. The van der Waals surface area contributed by atoms with Gasteiger partial charge in [0.05, 0.1) is 39.7 Å². The normalized spacial score (nSPS) is 16.4. The fraction of sp³-hybridized carbons (Fsp3) is 0.314. The molecule has 2 aromatic carbocycles. The van der Waals surface area contributed by atoms with E-state index in [1.807, 2.05) is 48.9 Å². The molecule has 0 aliphatic heterocycles. The monoisotopic (exact) mass is 636 g/mol. The third kappa shape index (κ3) is 4.24. The van der Waals surface area contributed by atoms with Crippen LogP contribution in [0.25, 0.3) is 43.4 Å². The van der Waals surface area contributed by atoms with Crippen molar-refractivity contribution in [3.63, 3.8) is 0 Å². The van der Waals surface area contributed by atoms with Crippen molar-refractivity contribution in [3.8, 4) is 11.4 Å². The van der Waals surface area contributed by atoms with E-state index in [2.05, 4.69) is 10.3 Å². The summed E-state index contributed by atoms with van der Waals surface area (Å²) in [5.41, 5.74) is 5.49. The van der Waals surface area contributed by atoms with Crippen LogP contribution in [0.3, 0.4) is 0 Å². The number of benzene rings is 2. The van der Waals surface area contributed by atoms with Crippen LogP contribution in [0.15, 0.2) is 48.7 Å². The fourth-order valence-electron chi connectivity index (χ4n) is 7.64. The zero-order valence-corrected chi connectivity index (χ0v) is 26.4. The van der Waals surface area contributed by atoms with Gasteiger partial charge < -0.3 is 20.8 Å². The van der Waals surface area contributed by atoms with E-state index in [0.717, 1.165) is 99.6 Å². The Bertz CT molecular complexity index is 2220. The summed E-state index contributed by atoms with van der Waals surface area (Å²) in [5, 5.41) is 14.8. The second kappa shape index (κ2) is 10.4. The van der Waals surface area contributed by atoms with Crippen molar-refractivity contribution < 1.29 is 19.1 Å². The quantitative estimate of drug-likeness (QED) is 0.167. The Morgan fingerprint density at radius 2 is 1.85 bits per heavy atom. The van der Waals surface area contributed by atoms with Crippen molar-refractivity contribution in [1.82, 2.24) is 24.5 Å². The number of aromatic carboxylic acids is 1. The molecule has 6 aromatic rings. The number of carbonyl (C=O) groups excluding carboxylic acids is 1. The number of aryl methyl sites for hydroxylation is 2. The highest BCUT2D eigenvalue weighted by molar-refractivity contribution is 7.21. The van der Waals surface area contributed by atoms with E-state index in [-0.39, 0.29) is 5.91 Å². The van der Waals surface area contributed by atoms with Gasteiger partial charge in [-0.25, -0.2) is 14.2 Å². The number of halogens is 1. The molecule has 4 N–H and O–H groups in total. The Morgan fingerprint density at radius 1 is 1.07 bits per heavy atom. The molecule has 1 amide bonds. The van der Waals surface area contributed by atoms with Gasteiger partial charge in [-0.1, -0.05) is 18.9 Å². The minimum absolute atomic E-state index is 0.207. The number of hydrogen-bond acceptors (Lipinski definition) is 6. The molecule has 0 radical (unpaired) electrons. The minimum Gasteiger partial charge on any atom is -0.477 e. The van der Waals surface area contributed by atoms with E-state index in [1.165, 1.54) is 23.6 Å². The van der Waals surface area contributed by atoms with Crippen LogP contribution < -0.4 is 11.2 Å². The zero-order chi connectivity index (χ0) is 31.9. The molecule has 11 heteroatoms. The number of aromatic nitrogens is 4. The van der Waals surface area contributed by atoms with Crippen LogP contribution >= 0.6 is 11.3 Å². The van der Waals surface area contributed by atoms with E-state index in [0.29, 0.717) is 22.1 Å². The van der Waals surface area contributed by atoms with E-state index in [9.17, 15) is 19.1 Å². The highest BCUT2D eigenvalue weighted by atomic mass is 32.1. The molecule has 0 saturated heterocycles. The van der Waals surface area contributed by atoms with Gasteiger partial charge in [0.2, 0.25) is 0 Å². The highest BCUT2D eigenvalue weighted by Crippen LogP contribution is 2.45. The lowest BCUT2D eigenvalue weighted by atomic mass is 9.75. The van der Waals surface area contributed by atoms with Crippen molar-refractivity contribution in [2.75, 3.05) is 5.84 Å². The lowest BCUT2D eigenvalue weighted by Crippen LogP contribution is -2.52. The van der Waals surface area contributed by atoms with Gasteiger partial charge in [-0.15, -0.1) is 11.3 Å². The van der Waals surface area contributed by atoms with E-state index in [4.69, 9.17) is 10.8 Å². The first kappa shape index (κ1) is 28.7. The number of hydrogen-bond donors (Lipinski definition) is 3. The Kier molecular flexibility index (Phi) is 6.47. The molecule has 8 rings (SSSR count). The number of nitrogens with zero attached hydrogens (tertiary/aromatic N) is 4. The van der Waals surface area contributed by atoms with Crippen LogP contribution in [0, 0.1) is 12.7 Å². The van der Waals surface area contributed by atoms with Crippen molar-refractivity contribution in [3.05, 3.63) is 81.9 Å². The number of imidazole rings is 1. The summed E-state index contributed by atoms with van der Waals surface area (Å²) in [4.78, 5) is 35.4. The van der Waals surface area contributed by atoms with Crippen LogP contribution in [-0.2, 0) is 12.6 Å². The van der Waals surface area contributed by atoms with Crippen LogP contribution in [-0.4, -0.2) is 36.2 Å². The molecule has 0 atom stereocenters. The maximum absolute atomic E-state index is 14.0. The van der Waals surface area contributed by atoms with E-state index >= 15 is 0 Å². The first-order valence-corrected chi connectivity index (χ1v) is 16.5. The maximum Gasteiger partial charge on any atom is 0.346 e. The average molecular weight is 637 g/mol. The number of nitrogen functional groups attached to an aromatic ring is 1. The SMILES string of the molecule is Cc1c(C(=O)O)sc2cc3c(cc12)nc(C1(NC(=O)c2ccc4c(C5CCCC5)c(-c5ccc(F)cn5)n(N)c4c2)CCC1)n3C. The Hall–Kier alpha value is -4.77. The summed E-state index contributed by atoms with van der Waals surface area (Å²) in [6.07, 6.45) is 8.07. The Morgan fingerprint density at radius 3 is 2.52 bits per heavy atom. The predicted octanol–water partition coefficient (Wildman–Crippen LogP) is 7.13. The molecule has 0 bridgehead atoms. The van der Waals surface area contributed by atoms with E-state index < -0.39 is 17.3 Å². The number of amides is 1. The molecule has 2 aliphatic rings. The average Bonchev–Trinajstić information content (AvgIpc) is 3.80. The number of carboxylic acid groups (broad SMARTS) is 1. The first-order chi connectivity index (χ1) is 22.1. The number of carboxylic acids is 1. The minimum atomic E-state index is -0.925. The maximum atomic E-state index is 14.0. The Balaban J connectivity index is 1.17. The second-order valence-corrected chi connectivity index (χ2v) is 13.8. The smallest absolute Gasteiger partial charge is 0.346 e. The summed E-state index contributed by atoms with van der Waals surface area (Å²) in [6, 6.07) is 12.7. The topological polar surface area (TPSA) is 128 Å². The van der Waals surface area contributed by atoms with Gasteiger partial charge in [0.15, 0.2) is 0 Å². The third-order valence-corrected chi connectivity index (χ3v) is 11.4. The number of nitrogens with one attached hydrogen (secondary N) is 1. The number of thiophene rings is 1. The largest absolute Gasteiger partial charge is 0.477 e. The molecular formula is C35H33FN6O3S. The van der Waals surface area contributed by atoms with Crippen molar-refractivity contribution in [1.29, 1.82) is 0 Å². The standard InChI is InChI=1S/C35H33FN6O3S/c1-18-23-15-25-27(16-28(23)46-31(18)33(44)45)41(2)34(39-25)35(12-5-13-35)40-32(43)20-8-10-22-26(14-20)42(37)30(24-11-9-21(36)17-38-24)29(22)19-6-3-4-7-19/h8-11,14-17,19H,3-7,12-13,37H2,1-2H3,(H,40,43)(H,44,45). The molecular weight excluding hydrogens is 603 g/mol. The molecule has 4 heterocycles. The van der Waals surface area contributed by atoms with Gasteiger partial charge in [0.1, 0.15) is 16.5 Å². The van der Waals surface area contributed by atoms with Gasteiger partial charge in [-0.2, -0.15) is 0 Å². The number of rotatable bonds is 6. The number of nitrogens with two attached hydrogens (primary N) is 1. The number of carbonyl (C=O) groups is 2.